The fourth-order valence-corrected chi connectivity index (χ4v) is 2.87. The number of hydrogen-bond acceptors (Lipinski definition) is 4. The quantitative estimate of drug-likeness (QED) is 0.477. The van der Waals surface area contributed by atoms with Gasteiger partial charge in [-0.1, -0.05) is 13.8 Å². The van der Waals surface area contributed by atoms with Gasteiger partial charge >= 0.3 is 11.9 Å². The van der Waals surface area contributed by atoms with Crippen LogP contribution >= 0.6 is 7.37 Å². The predicted molar refractivity (Wildman–Crippen MR) is 65.8 cm³/mol. The van der Waals surface area contributed by atoms with E-state index in [-0.39, 0.29) is 18.7 Å². The maximum Gasteiger partial charge on any atom is 0.323 e. The third-order valence-corrected chi connectivity index (χ3v) is 4.82. The molecule has 8 heteroatoms. The first-order valence-corrected chi connectivity index (χ1v) is 7.59. The second-order valence-corrected chi connectivity index (χ2v) is 7.27. The van der Waals surface area contributed by atoms with Crippen LogP contribution < -0.4 is 5.73 Å². The Morgan fingerprint density at radius 2 is 1.78 bits per heavy atom. The van der Waals surface area contributed by atoms with Gasteiger partial charge in [0.15, 0.2) is 0 Å². The molecule has 0 fully saturated rings. The molecule has 1 unspecified atom stereocenters. The predicted octanol–water partition coefficient (Wildman–Crippen LogP) is 0.560. The van der Waals surface area contributed by atoms with Crippen molar-refractivity contribution in [3.05, 3.63) is 0 Å². The molecule has 0 aliphatic carbocycles. The Hall–Kier alpha value is -0.910. The fourth-order valence-electron chi connectivity index (χ4n) is 1.38. The van der Waals surface area contributed by atoms with Gasteiger partial charge in [-0.25, -0.2) is 0 Å². The van der Waals surface area contributed by atoms with E-state index in [1.54, 1.807) is 13.8 Å². The zero-order valence-corrected chi connectivity index (χ0v) is 11.4. The van der Waals surface area contributed by atoms with Crippen molar-refractivity contribution in [1.82, 2.24) is 0 Å². The summed E-state index contributed by atoms with van der Waals surface area (Å²) >= 11 is 0. The average molecular weight is 281 g/mol. The number of nitrogens with two attached hydrogens (primary N) is 1. The maximum atomic E-state index is 11.7. The van der Waals surface area contributed by atoms with Crippen LogP contribution in [0.15, 0.2) is 0 Å². The number of rotatable bonds is 8. The summed E-state index contributed by atoms with van der Waals surface area (Å²) in [5.74, 6) is -2.78. The molecule has 0 radical (unpaired) electrons. The molecule has 0 aromatic carbocycles. The third kappa shape index (κ3) is 5.16. The van der Waals surface area contributed by atoms with E-state index in [2.05, 4.69) is 0 Å². The minimum atomic E-state index is -3.65. The van der Waals surface area contributed by atoms with Crippen molar-refractivity contribution in [2.45, 2.75) is 32.2 Å². The van der Waals surface area contributed by atoms with Crippen molar-refractivity contribution >= 4 is 19.3 Å². The molecule has 0 heterocycles. The Balaban J connectivity index is 4.58. The van der Waals surface area contributed by atoms with Gasteiger partial charge < -0.3 is 20.8 Å². The Labute approximate surface area is 105 Å². The molecule has 0 saturated carbocycles. The lowest BCUT2D eigenvalue weighted by Gasteiger charge is -2.29. The van der Waals surface area contributed by atoms with Crippen LogP contribution in [0.2, 0.25) is 0 Å². The van der Waals surface area contributed by atoms with Crippen LogP contribution in [0.5, 0.6) is 0 Å². The molecule has 0 spiro atoms. The Morgan fingerprint density at radius 1 is 1.28 bits per heavy atom. The van der Waals surface area contributed by atoms with Crippen LogP contribution in [0.1, 0.15) is 26.7 Å². The van der Waals surface area contributed by atoms with E-state index in [0.29, 0.717) is 0 Å². The SMILES string of the molecule is CC(C)[C@](N)(CCP(=O)(O)CCC(=O)O)C(=O)O. The van der Waals surface area contributed by atoms with Crippen LogP contribution in [-0.4, -0.2) is 44.9 Å². The first-order valence-electron chi connectivity index (χ1n) is 5.56. The van der Waals surface area contributed by atoms with Crippen LogP contribution in [-0.2, 0) is 14.2 Å². The molecule has 0 saturated heterocycles. The summed E-state index contributed by atoms with van der Waals surface area (Å²) in [5.41, 5.74) is 4.13. The molecule has 18 heavy (non-hydrogen) atoms. The van der Waals surface area contributed by atoms with Gasteiger partial charge in [0.25, 0.3) is 0 Å². The minimum Gasteiger partial charge on any atom is -0.481 e. The Kier molecular flexibility index (Phi) is 5.99. The normalized spacial score (nSPS) is 18.1. The van der Waals surface area contributed by atoms with Crippen molar-refractivity contribution in [3.63, 3.8) is 0 Å². The van der Waals surface area contributed by atoms with Gasteiger partial charge in [0.2, 0.25) is 7.37 Å². The lowest BCUT2D eigenvalue weighted by atomic mass is 9.85. The minimum absolute atomic E-state index is 0.159. The second-order valence-electron chi connectivity index (χ2n) is 4.69. The summed E-state index contributed by atoms with van der Waals surface area (Å²) in [5, 5.41) is 17.5. The zero-order chi connectivity index (χ0) is 14.6. The lowest BCUT2D eigenvalue weighted by Crippen LogP contribution is -2.53. The van der Waals surface area contributed by atoms with Gasteiger partial charge in [-0.2, -0.15) is 0 Å². The van der Waals surface area contributed by atoms with Crippen molar-refractivity contribution in [2.75, 3.05) is 12.3 Å². The number of hydrogen-bond donors (Lipinski definition) is 4. The van der Waals surface area contributed by atoms with E-state index < -0.39 is 37.2 Å². The van der Waals surface area contributed by atoms with Gasteiger partial charge in [0, 0.05) is 12.3 Å². The van der Waals surface area contributed by atoms with E-state index in [0.717, 1.165) is 0 Å². The van der Waals surface area contributed by atoms with Crippen LogP contribution in [0.25, 0.3) is 0 Å². The van der Waals surface area contributed by atoms with Gasteiger partial charge in [0.1, 0.15) is 5.54 Å². The van der Waals surface area contributed by atoms with Gasteiger partial charge in [-0.3, -0.25) is 14.2 Å². The van der Waals surface area contributed by atoms with Crippen molar-refractivity contribution in [1.29, 1.82) is 0 Å². The van der Waals surface area contributed by atoms with Crippen LogP contribution in [0.4, 0.5) is 0 Å². The summed E-state index contributed by atoms with van der Waals surface area (Å²) in [6.07, 6.45) is -1.23. The summed E-state index contributed by atoms with van der Waals surface area (Å²) in [6, 6.07) is 0. The first kappa shape index (κ1) is 17.1. The van der Waals surface area contributed by atoms with Crippen molar-refractivity contribution < 1.29 is 29.3 Å². The number of aliphatic carboxylic acids is 2. The van der Waals surface area contributed by atoms with E-state index in [9.17, 15) is 19.0 Å². The molecule has 0 rings (SSSR count). The molecular formula is C10H20NO6P. The number of carboxylic acid groups (broad SMARTS) is 2. The topological polar surface area (TPSA) is 138 Å². The van der Waals surface area contributed by atoms with E-state index >= 15 is 0 Å². The molecule has 0 aromatic rings. The largest absolute Gasteiger partial charge is 0.481 e. The molecular weight excluding hydrogens is 261 g/mol. The van der Waals surface area contributed by atoms with E-state index in [4.69, 9.17) is 15.9 Å². The molecule has 106 valence electrons. The molecule has 0 bridgehead atoms. The molecule has 2 atom stereocenters. The highest BCUT2D eigenvalue weighted by Crippen LogP contribution is 2.43. The second kappa shape index (κ2) is 6.31. The summed E-state index contributed by atoms with van der Waals surface area (Å²) in [7, 11) is -3.65. The molecule has 0 aliphatic rings. The van der Waals surface area contributed by atoms with Crippen molar-refractivity contribution in [3.8, 4) is 0 Å². The summed E-state index contributed by atoms with van der Waals surface area (Å²) in [6.45, 7) is 3.24. The molecule has 7 nitrogen and oxygen atoms in total. The average Bonchev–Trinajstić information content (AvgIpc) is 2.23. The highest BCUT2D eigenvalue weighted by Gasteiger charge is 2.39. The van der Waals surface area contributed by atoms with Crippen molar-refractivity contribution in [2.24, 2.45) is 11.7 Å². The number of carboxylic acids is 2. The molecule has 0 amide bonds. The van der Waals surface area contributed by atoms with E-state index in [1.165, 1.54) is 0 Å². The molecule has 5 N–H and O–H groups in total. The smallest absolute Gasteiger partial charge is 0.323 e. The van der Waals surface area contributed by atoms with Crippen LogP contribution in [0.3, 0.4) is 0 Å². The molecule has 0 aliphatic heterocycles. The monoisotopic (exact) mass is 281 g/mol. The lowest BCUT2D eigenvalue weighted by molar-refractivity contribution is -0.145. The number of carbonyl (C=O) groups is 2. The van der Waals surface area contributed by atoms with Gasteiger partial charge in [-0.15, -0.1) is 0 Å². The van der Waals surface area contributed by atoms with Gasteiger partial charge in [0.05, 0.1) is 6.42 Å². The standard InChI is InChI=1S/C10H20NO6P/c1-7(2)10(11,9(14)15)4-6-18(16,17)5-3-8(12)13/h7H,3-6,11H2,1-2H3,(H,12,13)(H,14,15)(H,16,17)/t10-/m1/s1. The first-order chi connectivity index (χ1) is 8.01. The highest BCUT2D eigenvalue weighted by atomic mass is 31.2. The zero-order valence-electron chi connectivity index (χ0n) is 10.5. The van der Waals surface area contributed by atoms with Crippen LogP contribution in [0, 0.1) is 5.92 Å². The third-order valence-electron chi connectivity index (χ3n) is 2.98. The maximum absolute atomic E-state index is 11.7. The summed E-state index contributed by atoms with van der Waals surface area (Å²) in [4.78, 5) is 30.9. The van der Waals surface area contributed by atoms with E-state index in [1.807, 2.05) is 0 Å². The van der Waals surface area contributed by atoms with Gasteiger partial charge in [-0.05, 0) is 12.3 Å². The Bertz CT molecular complexity index is 369. The Morgan fingerprint density at radius 3 is 2.11 bits per heavy atom. The fraction of sp³-hybridized carbons (Fsp3) is 0.800. The highest BCUT2D eigenvalue weighted by molar-refractivity contribution is 7.58. The molecule has 0 aromatic heterocycles. The summed E-state index contributed by atoms with van der Waals surface area (Å²) < 4.78 is 11.7.